The van der Waals surface area contributed by atoms with Crippen molar-refractivity contribution >= 4 is 0 Å². The highest BCUT2D eigenvalue weighted by Crippen LogP contribution is 2.43. The highest BCUT2D eigenvalue weighted by Gasteiger charge is 2.46. The zero-order valence-electron chi connectivity index (χ0n) is 13.7. The molecule has 0 radical (unpaired) electrons. The molecule has 0 amide bonds. The minimum absolute atomic E-state index is 0.0532. The van der Waals surface area contributed by atoms with Gasteiger partial charge >= 0.3 is 0 Å². The lowest BCUT2D eigenvalue weighted by molar-refractivity contribution is -0.315. The third-order valence-corrected chi connectivity index (χ3v) is 5.54. The third-order valence-electron chi connectivity index (χ3n) is 5.54. The van der Waals surface area contributed by atoms with Crippen LogP contribution in [0.15, 0.2) is 0 Å². The van der Waals surface area contributed by atoms with Crippen LogP contribution >= 0.6 is 0 Å². The van der Waals surface area contributed by atoms with Crippen molar-refractivity contribution in [3.05, 3.63) is 0 Å². The molecule has 22 heavy (non-hydrogen) atoms. The van der Waals surface area contributed by atoms with Crippen molar-refractivity contribution in [2.75, 3.05) is 6.61 Å². The molecule has 0 spiro atoms. The predicted molar refractivity (Wildman–Crippen MR) is 80.1 cm³/mol. The summed E-state index contributed by atoms with van der Waals surface area (Å²) in [4.78, 5) is 0. The van der Waals surface area contributed by atoms with E-state index in [1.807, 2.05) is 0 Å². The molecular formula is C16H30O6. The molecule has 1 heterocycles. The van der Waals surface area contributed by atoms with E-state index < -0.39 is 37.3 Å². The summed E-state index contributed by atoms with van der Waals surface area (Å²) >= 11 is 0. The van der Waals surface area contributed by atoms with E-state index in [2.05, 4.69) is 20.8 Å². The molecule has 1 saturated carbocycles. The van der Waals surface area contributed by atoms with Crippen molar-refractivity contribution in [3.8, 4) is 0 Å². The van der Waals surface area contributed by atoms with Crippen LogP contribution in [0.25, 0.3) is 0 Å². The Kier molecular flexibility index (Phi) is 5.85. The zero-order chi connectivity index (χ0) is 16.5. The molecule has 4 N–H and O–H groups in total. The number of aliphatic hydroxyl groups excluding tert-OH is 4. The fourth-order valence-electron chi connectivity index (χ4n) is 3.47. The molecule has 2 fully saturated rings. The summed E-state index contributed by atoms with van der Waals surface area (Å²) in [5.74, 6) is 0.536. The summed E-state index contributed by atoms with van der Waals surface area (Å²) in [5, 5.41) is 38.9. The topological polar surface area (TPSA) is 99.4 Å². The van der Waals surface area contributed by atoms with E-state index in [0.717, 1.165) is 25.7 Å². The number of ether oxygens (including phenoxy) is 2. The predicted octanol–water partition coefficient (Wildman–Crippen LogP) is 0.408. The normalized spacial score (nSPS) is 46.9. The van der Waals surface area contributed by atoms with Crippen LogP contribution in [0.4, 0.5) is 0 Å². The summed E-state index contributed by atoms with van der Waals surface area (Å²) in [6.45, 7) is 6.23. The number of hydrogen-bond acceptors (Lipinski definition) is 6. The van der Waals surface area contributed by atoms with Crippen LogP contribution in [-0.2, 0) is 9.47 Å². The maximum atomic E-state index is 10.0. The number of hydrogen-bond donors (Lipinski definition) is 4. The quantitative estimate of drug-likeness (QED) is 0.599. The molecule has 7 atom stereocenters. The van der Waals surface area contributed by atoms with Crippen LogP contribution in [0, 0.1) is 11.3 Å². The first-order valence-electron chi connectivity index (χ1n) is 8.24. The number of rotatable bonds is 4. The third kappa shape index (κ3) is 3.63. The van der Waals surface area contributed by atoms with Crippen molar-refractivity contribution in [1.29, 1.82) is 0 Å². The van der Waals surface area contributed by atoms with Crippen LogP contribution in [-0.4, -0.2) is 63.8 Å². The Hall–Kier alpha value is -0.240. The Morgan fingerprint density at radius 2 is 1.86 bits per heavy atom. The second-order valence-corrected chi connectivity index (χ2v) is 7.36. The molecule has 0 aromatic rings. The van der Waals surface area contributed by atoms with Crippen molar-refractivity contribution < 1.29 is 29.9 Å². The van der Waals surface area contributed by atoms with Gasteiger partial charge in [0.2, 0.25) is 0 Å². The van der Waals surface area contributed by atoms with Crippen LogP contribution < -0.4 is 0 Å². The van der Waals surface area contributed by atoms with Crippen LogP contribution in [0.1, 0.15) is 46.5 Å². The minimum Gasteiger partial charge on any atom is -0.394 e. The molecule has 2 unspecified atom stereocenters. The second kappa shape index (κ2) is 7.11. The first kappa shape index (κ1) is 18.1. The molecular weight excluding hydrogens is 288 g/mol. The van der Waals surface area contributed by atoms with Gasteiger partial charge in [-0.15, -0.1) is 0 Å². The van der Waals surface area contributed by atoms with Crippen LogP contribution in [0.2, 0.25) is 0 Å². The summed E-state index contributed by atoms with van der Waals surface area (Å²) in [6.07, 6.45) is -2.05. The smallest absolute Gasteiger partial charge is 0.186 e. The van der Waals surface area contributed by atoms with E-state index in [0.29, 0.717) is 5.92 Å². The first-order chi connectivity index (χ1) is 10.3. The van der Waals surface area contributed by atoms with E-state index in [1.54, 1.807) is 0 Å². The van der Waals surface area contributed by atoms with Crippen molar-refractivity contribution in [1.82, 2.24) is 0 Å². The van der Waals surface area contributed by atoms with Gasteiger partial charge in [-0.05, 0) is 30.6 Å². The van der Waals surface area contributed by atoms with Gasteiger partial charge in [0, 0.05) is 0 Å². The van der Waals surface area contributed by atoms with Gasteiger partial charge in [-0.1, -0.05) is 27.2 Å². The standard InChI is InChI=1S/C16H30O6/c1-9(2)16(3)6-4-5-10(7-16)21-15-14(20)13(19)12(18)11(8-17)22-15/h9-15,17-20H,4-8H2,1-3H3/t10?,11-,12-,13+,14-,15+,16?/m1/s1. The lowest BCUT2D eigenvalue weighted by Gasteiger charge is -2.45. The maximum Gasteiger partial charge on any atom is 0.186 e. The second-order valence-electron chi connectivity index (χ2n) is 7.36. The molecule has 1 saturated heterocycles. The lowest BCUT2D eigenvalue weighted by atomic mass is 9.67. The Bertz CT molecular complexity index is 361. The summed E-state index contributed by atoms with van der Waals surface area (Å²) in [7, 11) is 0. The lowest BCUT2D eigenvalue weighted by Crippen LogP contribution is -2.59. The Balaban J connectivity index is 2.00. The van der Waals surface area contributed by atoms with E-state index in [1.165, 1.54) is 0 Å². The molecule has 1 aliphatic heterocycles. The average Bonchev–Trinajstić information content (AvgIpc) is 2.48. The molecule has 0 aromatic heterocycles. The van der Waals surface area contributed by atoms with E-state index in [9.17, 15) is 20.4 Å². The molecule has 6 heteroatoms. The fraction of sp³-hybridized carbons (Fsp3) is 1.00. The zero-order valence-corrected chi connectivity index (χ0v) is 13.7. The summed E-state index contributed by atoms with van der Waals surface area (Å²) < 4.78 is 11.3. The molecule has 2 aliphatic rings. The Morgan fingerprint density at radius 1 is 1.18 bits per heavy atom. The first-order valence-corrected chi connectivity index (χ1v) is 8.24. The van der Waals surface area contributed by atoms with E-state index >= 15 is 0 Å². The highest BCUT2D eigenvalue weighted by molar-refractivity contribution is 4.91. The summed E-state index contributed by atoms with van der Waals surface area (Å²) in [6, 6.07) is 0. The highest BCUT2D eigenvalue weighted by atomic mass is 16.7. The van der Waals surface area contributed by atoms with Gasteiger partial charge in [0.1, 0.15) is 24.4 Å². The number of aliphatic hydroxyl groups is 4. The van der Waals surface area contributed by atoms with Crippen molar-refractivity contribution in [2.45, 2.75) is 83.3 Å². The van der Waals surface area contributed by atoms with E-state index in [4.69, 9.17) is 9.47 Å². The molecule has 0 aromatic carbocycles. The fourth-order valence-corrected chi connectivity index (χ4v) is 3.47. The van der Waals surface area contributed by atoms with Gasteiger partial charge in [0.05, 0.1) is 12.7 Å². The molecule has 1 aliphatic carbocycles. The van der Waals surface area contributed by atoms with Crippen molar-refractivity contribution in [2.24, 2.45) is 11.3 Å². The summed E-state index contributed by atoms with van der Waals surface area (Å²) in [5.41, 5.74) is 0.192. The molecule has 130 valence electrons. The SMILES string of the molecule is CC(C)C1(C)CCCC(O[C@H]2O[C@H](CO)[C@@H](O)[C@H](O)[C@H]2O)C1. The minimum atomic E-state index is -1.38. The van der Waals surface area contributed by atoms with Crippen molar-refractivity contribution in [3.63, 3.8) is 0 Å². The average molecular weight is 318 g/mol. The van der Waals surface area contributed by atoms with Gasteiger partial charge in [-0.2, -0.15) is 0 Å². The monoisotopic (exact) mass is 318 g/mol. The van der Waals surface area contributed by atoms with Gasteiger partial charge in [0.25, 0.3) is 0 Å². The van der Waals surface area contributed by atoms with Gasteiger partial charge in [-0.3, -0.25) is 0 Å². The van der Waals surface area contributed by atoms with Gasteiger partial charge in [-0.25, -0.2) is 0 Å². The van der Waals surface area contributed by atoms with E-state index in [-0.39, 0.29) is 11.5 Å². The van der Waals surface area contributed by atoms with Crippen LogP contribution in [0.5, 0.6) is 0 Å². The van der Waals surface area contributed by atoms with Crippen LogP contribution in [0.3, 0.4) is 0 Å². The van der Waals surface area contributed by atoms with Gasteiger partial charge in [0.15, 0.2) is 6.29 Å². The maximum absolute atomic E-state index is 10.0. The Morgan fingerprint density at radius 3 is 2.45 bits per heavy atom. The molecule has 2 rings (SSSR count). The Labute approximate surface area is 132 Å². The molecule has 0 bridgehead atoms. The molecule has 6 nitrogen and oxygen atoms in total. The van der Waals surface area contributed by atoms with Gasteiger partial charge < -0.3 is 29.9 Å². The largest absolute Gasteiger partial charge is 0.394 e.